The van der Waals surface area contributed by atoms with Crippen molar-refractivity contribution in [2.24, 2.45) is 11.8 Å². The minimum atomic E-state index is -2.35. The van der Waals surface area contributed by atoms with Crippen molar-refractivity contribution in [3.63, 3.8) is 0 Å². The van der Waals surface area contributed by atoms with Gasteiger partial charge in [0.2, 0.25) is 0 Å². The second kappa shape index (κ2) is 14.8. The van der Waals surface area contributed by atoms with Crippen LogP contribution in [0, 0.1) is 11.8 Å². The van der Waals surface area contributed by atoms with Crippen LogP contribution in [0.2, 0.25) is 0 Å². The molecule has 2 fully saturated rings. The molecule has 2 saturated carbocycles. The highest BCUT2D eigenvalue weighted by atomic mass is 16.6. The first-order valence-electron chi connectivity index (χ1n) is 16.6. The normalized spacial score (nSPS) is 34.0. The Balaban J connectivity index is 2.23. The number of ether oxygens (including phenoxy) is 4. The van der Waals surface area contributed by atoms with Gasteiger partial charge in [-0.05, 0) is 58.6 Å². The molecule has 0 bridgehead atoms. The van der Waals surface area contributed by atoms with Crippen LogP contribution in [-0.2, 0) is 42.9 Å². The number of carbonyl (C=O) groups excluding carboxylic acids is 5. The van der Waals surface area contributed by atoms with Crippen molar-refractivity contribution < 1.29 is 53.1 Å². The lowest BCUT2D eigenvalue weighted by Crippen LogP contribution is -2.63. The summed E-state index contributed by atoms with van der Waals surface area (Å²) in [5.74, 6) is -5.36. The highest BCUT2D eigenvalue weighted by Crippen LogP contribution is 2.60. The second-order valence-corrected chi connectivity index (χ2v) is 13.4. The summed E-state index contributed by atoms with van der Waals surface area (Å²) < 4.78 is 23.9. The van der Waals surface area contributed by atoms with E-state index in [4.69, 9.17) is 18.9 Å². The van der Waals surface area contributed by atoms with E-state index in [9.17, 15) is 34.2 Å². The van der Waals surface area contributed by atoms with Crippen LogP contribution in [0.25, 0.3) is 0 Å². The molecule has 3 rings (SSSR count). The average molecular weight is 649 g/mol. The molecule has 2 N–H and O–H groups in total. The highest BCUT2D eigenvalue weighted by Gasteiger charge is 2.73. The number of ketones is 1. The number of allylic oxidation sites excluding steroid dienone is 1. The Bertz CT molecular complexity index is 1260. The Hall–Kier alpha value is -3.05. The molecule has 258 valence electrons. The van der Waals surface area contributed by atoms with Gasteiger partial charge in [0.05, 0.1) is 5.92 Å². The highest BCUT2D eigenvalue weighted by molar-refractivity contribution is 5.92. The van der Waals surface area contributed by atoms with Crippen LogP contribution in [0.15, 0.2) is 22.8 Å². The third-order valence-electron chi connectivity index (χ3n) is 10.0. The summed E-state index contributed by atoms with van der Waals surface area (Å²) in [7, 11) is 0. The Kier molecular flexibility index (Phi) is 12.0. The molecule has 46 heavy (non-hydrogen) atoms. The van der Waals surface area contributed by atoms with Crippen molar-refractivity contribution in [1.82, 2.24) is 0 Å². The fourth-order valence-electron chi connectivity index (χ4n) is 7.50. The van der Waals surface area contributed by atoms with Gasteiger partial charge < -0.3 is 29.2 Å². The number of hydrogen-bond donors (Lipinski definition) is 2. The van der Waals surface area contributed by atoms with Crippen molar-refractivity contribution in [3.05, 3.63) is 22.8 Å². The van der Waals surface area contributed by atoms with Crippen LogP contribution in [0.4, 0.5) is 0 Å². The predicted octanol–water partition coefficient (Wildman–Crippen LogP) is 4.59. The fraction of sp³-hybridized carbons (Fsp3) is 0.743. The molecule has 11 heteroatoms. The van der Waals surface area contributed by atoms with Gasteiger partial charge >= 0.3 is 23.9 Å². The zero-order valence-corrected chi connectivity index (χ0v) is 28.6. The number of carbonyl (C=O) groups is 5. The largest absolute Gasteiger partial charge is 0.459 e. The Morgan fingerprint density at radius 2 is 1.54 bits per heavy atom. The molecule has 8 atom stereocenters. The molecule has 3 aliphatic carbocycles. The monoisotopic (exact) mass is 648 g/mol. The average Bonchev–Trinajstić information content (AvgIpc) is 3.30. The molecular formula is C35H52O11. The summed E-state index contributed by atoms with van der Waals surface area (Å²) in [6.45, 7) is 12.8. The number of esters is 4. The summed E-state index contributed by atoms with van der Waals surface area (Å²) in [6, 6.07) is 0. The third-order valence-corrected chi connectivity index (χ3v) is 10.0. The molecular weight excluding hydrogens is 596 g/mol. The molecule has 0 amide bonds. The molecule has 3 aliphatic rings. The van der Waals surface area contributed by atoms with Crippen LogP contribution >= 0.6 is 0 Å². The summed E-state index contributed by atoms with van der Waals surface area (Å²) in [4.78, 5) is 65.4. The first kappa shape index (κ1) is 37.4. The first-order chi connectivity index (χ1) is 21.5. The van der Waals surface area contributed by atoms with Crippen molar-refractivity contribution in [1.29, 1.82) is 0 Å². The summed E-state index contributed by atoms with van der Waals surface area (Å²) in [6.07, 6.45) is 2.16. The lowest BCUT2D eigenvalue weighted by atomic mass is 9.73. The van der Waals surface area contributed by atoms with Crippen LogP contribution in [0.5, 0.6) is 0 Å². The third kappa shape index (κ3) is 7.10. The smallest absolute Gasteiger partial charge is 0.334 e. The van der Waals surface area contributed by atoms with E-state index in [1.54, 1.807) is 40.7 Å². The first-order valence-corrected chi connectivity index (χ1v) is 16.6. The van der Waals surface area contributed by atoms with Gasteiger partial charge in [-0.25, -0.2) is 4.79 Å². The van der Waals surface area contributed by atoms with Crippen molar-refractivity contribution >= 4 is 29.7 Å². The second-order valence-electron chi connectivity index (χ2n) is 13.4. The molecule has 0 spiro atoms. The van der Waals surface area contributed by atoms with E-state index in [2.05, 4.69) is 6.92 Å². The SMILES string of the molecule is C/C=C(/C)C(=O)O[C@@H]1C(C)=C2[C@H]3CC(=O)[C@@](C)(O)[C@@]3(O)[C@H](OC(=O)CCC)C[C@@](C)(OC(C)=O)[C@@H]2[C@@H]1OC(=O)CCCCCCC. The fourth-order valence-corrected chi connectivity index (χ4v) is 7.50. The summed E-state index contributed by atoms with van der Waals surface area (Å²) in [5.41, 5.74) is -5.21. The standard InChI is InChI=1S/C35H52O11/c1-9-12-13-14-15-17-27(39)44-31-29-28(21(5)30(31)45-32(40)20(4)11-3)23-18-24(37)34(8,41)35(23,42)25(43-26(38)16-10-2)19-33(29,7)46-22(6)36/h11,23,25,29-31,41-42H,9-10,12-19H2,1-8H3/b20-11-/t23-,25-,29+,30-,31+,33-,34-,35+/m1/s1. The minimum Gasteiger partial charge on any atom is -0.459 e. The van der Waals surface area contributed by atoms with E-state index < -0.39 is 76.6 Å². The van der Waals surface area contributed by atoms with Crippen molar-refractivity contribution in [2.75, 3.05) is 0 Å². The Morgan fingerprint density at radius 1 is 0.913 bits per heavy atom. The molecule has 0 unspecified atom stereocenters. The van der Waals surface area contributed by atoms with Gasteiger partial charge in [0, 0.05) is 44.1 Å². The van der Waals surface area contributed by atoms with Crippen LogP contribution < -0.4 is 0 Å². The summed E-state index contributed by atoms with van der Waals surface area (Å²) in [5, 5.41) is 24.1. The van der Waals surface area contributed by atoms with Gasteiger partial charge in [-0.15, -0.1) is 0 Å². The van der Waals surface area contributed by atoms with Crippen LogP contribution in [-0.4, -0.2) is 75.0 Å². The number of aliphatic hydroxyl groups is 2. The number of fused-ring (bicyclic) bond motifs is 3. The summed E-state index contributed by atoms with van der Waals surface area (Å²) >= 11 is 0. The maximum Gasteiger partial charge on any atom is 0.334 e. The van der Waals surface area contributed by atoms with E-state index in [1.807, 2.05) is 0 Å². The number of rotatable bonds is 13. The van der Waals surface area contributed by atoms with E-state index >= 15 is 0 Å². The minimum absolute atomic E-state index is 0.0174. The lowest BCUT2D eigenvalue weighted by Gasteiger charge is -2.43. The van der Waals surface area contributed by atoms with E-state index in [0.717, 1.165) is 25.7 Å². The van der Waals surface area contributed by atoms with E-state index in [0.29, 0.717) is 29.6 Å². The molecule has 11 nitrogen and oxygen atoms in total. The van der Waals surface area contributed by atoms with E-state index in [-0.39, 0.29) is 25.7 Å². The van der Waals surface area contributed by atoms with Crippen LogP contribution in [0.1, 0.15) is 120 Å². The zero-order valence-electron chi connectivity index (χ0n) is 28.6. The van der Waals surface area contributed by atoms with E-state index in [1.165, 1.54) is 13.8 Å². The van der Waals surface area contributed by atoms with Gasteiger partial charge in [0.25, 0.3) is 0 Å². The van der Waals surface area contributed by atoms with Gasteiger partial charge in [-0.2, -0.15) is 0 Å². The Labute approximate surface area is 272 Å². The maximum absolute atomic E-state index is 13.4. The quantitative estimate of drug-likeness (QED) is 0.0944. The van der Waals surface area contributed by atoms with Gasteiger partial charge in [-0.1, -0.05) is 45.6 Å². The van der Waals surface area contributed by atoms with Crippen molar-refractivity contribution in [3.8, 4) is 0 Å². The molecule has 0 heterocycles. The maximum atomic E-state index is 13.4. The number of unbranched alkanes of at least 4 members (excludes halogenated alkanes) is 4. The van der Waals surface area contributed by atoms with Gasteiger partial charge in [0.15, 0.2) is 23.6 Å². The van der Waals surface area contributed by atoms with Crippen LogP contribution in [0.3, 0.4) is 0 Å². The molecule has 0 aromatic heterocycles. The number of hydrogen-bond acceptors (Lipinski definition) is 11. The topological polar surface area (TPSA) is 163 Å². The Morgan fingerprint density at radius 3 is 2.13 bits per heavy atom. The van der Waals surface area contributed by atoms with Gasteiger partial charge in [0.1, 0.15) is 17.3 Å². The number of Topliss-reactive ketones (excluding diaryl/α,β-unsaturated/α-hetero) is 1. The molecule has 0 aromatic carbocycles. The lowest BCUT2D eigenvalue weighted by molar-refractivity contribution is -0.216. The van der Waals surface area contributed by atoms with Crippen molar-refractivity contribution in [2.45, 2.75) is 155 Å². The molecule has 0 aromatic rings. The predicted molar refractivity (Wildman–Crippen MR) is 167 cm³/mol. The molecule has 0 aliphatic heterocycles. The molecule has 0 radical (unpaired) electrons. The molecule has 0 saturated heterocycles. The van der Waals surface area contributed by atoms with Gasteiger partial charge in [-0.3, -0.25) is 19.2 Å². The zero-order chi connectivity index (χ0) is 34.6.